The third-order valence-corrected chi connectivity index (χ3v) is 3.93. The molecule has 0 saturated heterocycles. The van der Waals surface area contributed by atoms with Gasteiger partial charge in [0.1, 0.15) is 5.75 Å². The Morgan fingerprint density at radius 3 is 2.59 bits per heavy atom. The van der Waals surface area contributed by atoms with Crippen LogP contribution in [0.15, 0.2) is 79.1 Å². The Labute approximate surface area is 156 Å². The van der Waals surface area contributed by atoms with Crippen molar-refractivity contribution >= 4 is 0 Å². The fourth-order valence-electron chi connectivity index (χ4n) is 2.65. The van der Waals surface area contributed by atoms with Crippen molar-refractivity contribution in [2.24, 2.45) is 0 Å². The van der Waals surface area contributed by atoms with E-state index in [4.69, 9.17) is 4.74 Å². The Morgan fingerprint density at radius 2 is 1.74 bits per heavy atom. The number of tetrazole rings is 1. The zero-order valence-corrected chi connectivity index (χ0v) is 14.6. The fraction of sp³-hybridized carbons (Fsp3) is 0.100. The number of hydrogen-bond donors (Lipinski definition) is 1. The van der Waals surface area contributed by atoms with E-state index in [0.717, 1.165) is 29.9 Å². The van der Waals surface area contributed by atoms with Gasteiger partial charge in [0.05, 0.1) is 5.69 Å². The molecule has 2 heterocycles. The van der Waals surface area contributed by atoms with Crippen LogP contribution in [-0.4, -0.2) is 25.2 Å². The number of para-hydroxylation sites is 1. The first-order valence-electron chi connectivity index (χ1n) is 8.59. The summed E-state index contributed by atoms with van der Waals surface area (Å²) in [5.74, 6) is 0.683. The van der Waals surface area contributed by atoms with Gasteiger partial charge in [0.2, 0.25) is 0 Å². The molecule has 2 aromatic heterocycles. The first-order valence-corrected chi connectivity index (χ1v) is 8.59. The van der Waals surface area contributed by atoms with Gasteiger partial charge in [0.25, 0.3) is 0 Å². The van der Waals surface area contributed by atoms with E-state index in [1.54, 1.807) is 10.9 Å². The average molecular weight is 358 g/mol. The number of aromatic nitrogens is 5. The predicted molar refractivity (Wildman–Crippen MR) is 100 cm³/mol. The monoisotopic (exact) mass is 358 g/mol. The normalized spacial score (nSPS) is 10.7. The second-order valence-corrected chi connectivity index (χ2v) is 5.92. The molecule has 0 aliphatic carbocycles. The van der Waals surface area contributed by atoms with Gasteiger partial charge < -0.3 is 10.1 Å². The van der Waals surface area contributed by atoms with Gasteiger partial charge >= 0.3 is 6.01 Å². The van der Waals surface area contributed by atoms with Gasteiger partial charge in [0, 0.05) is 25.5 Å². The molecule has 0 radical (unpaired) electrons. The molecule has 0 unspecified atom stereocenters. The summed E-state index contributed by atoms with van der Waals surface area (Å²) in [5.41, 5.74) is 3.09. The van der Waals surface area contributed by atoms with Crippen molar-refractivity contribution in [3.8, 4) is 17.4 Å². The quantitative estimate of drug-likeness (QED) is 0.547. The Morgan fingerprint density at radius 1 is 0.889 bits per heavy atom. The van der Waals surface area contributed by atoms with E-state index in [-0.39, 0.29) is 0 Å². The van der Waals surface area contributed by atoms with E-state index in [9.17, 15) is 0 Å². The SMILES string of the molecule is c1ccc(-n2nnnc2Oc2cccc(CNCc3cccnc3)c2)cc1. The Kier molecular flexibility index (Phi) is 5.12. The molecular weight excluding hydrogens is 340 g/mol. The lowest BCUT2D eigenvalue weighted by molar-refractivity contribution is 0.426. The highest BCUT2D eigenvalue weighted by molar-refractivity contribution is 5.34. The van der Waals surface area contributed by atoms with Crippen LogP contribution in [0.3, 0.4) is 0 Å². The first kappa shape index (κ1) is 16.9. The van der Waals surface area contributed by atoms with Crippen LogP contribution in [0.25, 0.3) is 5.69 Å². The molecule has 2 aromatic carbocycles. The largest absolute Gasteiger partial charge is 0.423 e. The van der Waals surface area contributed by atoms with Crippen molar-refractivity contribution in [3.63, 3.8) is 0 Å². The summed E-state index contributed by atoms with van der Waals surface area (Å²) in [4.78, 5) is 4.12. The predicted octanol–water partition coefficient (Wildman–Crippen LogP) is 3.14. The van der Waals surface area contributed by atoms with Gasteiger partial charge in [-0.15, -0.1) is 0 Å². The van der Waals surface area contributed by atoms with Crippen molar-refractivity contribution in [3.05, 3.63) is 90.3 Å². The van der Waals surface area contributed by atoms with Crippen molar-refractivity contribution in [1.29, 1.82) is 0 Å². The van der Waals surface area contributed by atoms with Crippen LogP contribution >= 0.6 is 0 Å². The van der Waals surface area contributed by atoms with Crippen molar-refractivity contribution in [1.82, 2.24) is 30.5 Å². The van der Waals surface area contributed by atoms with E-state index in [0.29, 0.717) is 11.8 Å². The second kappa shape index (κ2) is 8.20. The molecule has 1 N–H and O–H groups in total. The molecule has 7 nitrogen and oxygen atoms in total. The Hall–Kier alpha value is -3.58. The summed E-state index contributed by atoms with van der Waals surface area (Å²) in [6, 6.07) is 21.8. The molecule has 4 aromatic rings. The lowest BCUT2D eigenvalue weighted by Gasteiger charge is -2.08. The summed E-state index contributed by atoms with van der Waals surface area (Å²) in [7, 11) is 0. The molecule has 7 heteroatoms. The number of hydrogen-bond acceptors (Lipinski definition) is 6. The fourth-order valence-corrected chi connectivity index (χ4v) is 2.65. The van der Waals surface area contributed by atoms with E-state index in [1.807, 2.05) is 72.9 Å². The summed E-state index contributed by atoms with van der Waals surface area (Å²) >= 11 is 0. The maximum atomic E-state index is 5.90. The van der Waals surface area contributed by atoms with Crippen molar-refractivity contribution in [2.45, 2.75) is 13.1 Å². The van der Waals surface area contributed by atoms with E-state index >= 15 is 0 Å². The molecule has 0 aliphatic heterocycles. The van der Waals surface area contributed by atoms with Gasteiger partial charge in [-0.05, 0) is 51.9 Å². The highest BCUT2D eigenvalue weighted by atomic mass is 16.5. The topological polar surface area (TPSA) is 77.8 Å². The third kappa shape index (κ3) is 4.34. The molecule has 0 saturated carbocycles. The summed E-state index contributed by atoms with van der Waals surface area (Å²) in [5, 5.41) is 15.1. The van der Waals surface area contributed by atoms with Crippen LogP contribution in [0.1, 0.15) is 11.1 Å². The van der Waals surface area contributed by atoms with Crippen molar-refractivity contribution < 1.29 is 4.74 Å². The highest BCUT2D eigenvalue weighted by Gasteiger charge is 2.10. The standard InChI is InChI=1S/C20H18N6O/c1-2-8-18(9-3-1)26-20(23-24-25-26)27-19-10-4-6-16(12-19)13-22-15-17-7-5-11-21-14-17/h1-12,14,22H,13,15H2. The summed E-state index contributed by atoms with van der Waals surface area (Å²) < 4.78 is 7.46. The molecule has 4 rings (SSSR count). The maximum Gasteiger partial charge on any atom is 0.345 e. The van der Waals surface area contributed by atoms with Gasteiger partial charge in [-0.25, -0.2) is 0 Å². The van der Waals surface area contributed by atoms with Crippen molar-refractivity contribution in [2.75, 3.05) is 0 Å². The van der Waals surface area contributed by atoms with Crippen LogP contribution in [-0.2, 0) is 13.1 Å². The first-order chi connectivity index (χ1) is 13.4. The van der Waals surface area contributed by atoms with Crippen LogP contribution in [0.2, 0.25) is 0 Å². The second-order valence-electron chi connectivity index (χ2n) is 5.92. The minimum atomic E-state index is 0.321. The average Bonchev–Trinajstić information content (AvgIpc) is 3.18. The number of rotatable bonds is 7. The van der Waals surface area contributed by atoms with Gasteiger partial charge in [-0.2, -0.15) is 4.68 Å². The van der Waals surface area contributed by atoms with Crippen LogP contribution in [0.5, 0.6) is 11.8 Å². The third-order valence-electron chi connectivity index (χ3n) is 3.93. The van der Waals surface area contributed by atoms with Gasteiger partial charge in [-0.3, -0.25) is 4.98 Å². The molecular formula is C20H18N6O. The molecule has 0 amide bonds. The number of nitrogens with zero attached hydrogens (tertiary/aromatic N) is 5. The van der Waals surface area contributed by atoms with E-state index in [2.05, 4.69) is 25.8 Å². The number of nitrogens with one attached hydrogen (secondary N) is 1. The number of pyridine rings is 1. The number of benzene rings is 2. The summed E-state index contributed by atoms with van der Waals surface area (Å²) in [6.45, 7) is 1.47. The lowest BCUT2D eigenvalue weighted by atomic mass is 10.2. The highest BCUT2D eigenvalue weighted by Crippen LogP contribution is 2.22. The minimum absolute atomic E-state index is 0.321. The lowest BCUT2D eigenvalue weighted by Crippen LogP contribution is -2.12. The zero-order valence-electron chi connectivity index (χ0n) is 14.6. The van der Waals surface area contributed by atoms with Crippen LogP contribution < -0.4 is 10.1 Å². The smallest absolute Gasteiger partial charge is 0.345 e. The molecule has 0 spiro atoms. The van der Waals surface area contributed by atoms with Crippen LogP contribution in [0.4, 0.5) is 0 Å². The van der Waals surface area contributed by atoms with Crippen LogP contribution in [0, 0.1) is 0 Å². The van der Waals surface area contributed by atoms with Gasteiger partial charge in [-0.1, -0.05) is 41.5 Å². The molecule has 0 bridgehead atoms. The molecule has 0 fully saturated rings. The molecule has 0 aliphatic rings. The van der Waals surface area contributed by atoms with Gasteiger partial charge in [0.15, 0.2) is 0 Å². The molecule has 134 valence electrons. The van der Waals surface area contributed by atoms with E-state index in [1.165, 1.54) is 0 Å². The van der Waals surface area contributed by atoms with E-state index < -0.39 is 0 Å². The zero-order chi connectivity index (χ0) is 18.3. The maximum absolute atomic E-state index is 5.90. The molecule has 0 atom stereocenters. The minimum Gasteiger partial charge on any atom is -0.423 e. The molecule has 27 heavy (non-hydrogen) atoms. The summed E-state index contributed by atoms with van der Waals surface area (Å²) in [6.07, 6.45) is 3.63. The Bertz CT molecular complexity index is 988. The Balaban J connectivity index is 1.42. The number of ether oxygens (including phenoxy) is 1.